The van der Waals surface area contributed by atoms with Crippen LogP contribution in [0.25, 0.3) is 0 Å². The van der Waals surface area contributed by atoms with Crippen LogP contribution < -0.4 is 5.32 Å². The van der Waals surface area contributed by atoms with Gasteiger partial charge in [-0.1, -0.05) is 63.2 Å². The molecule has 28 heavy (non-hydrogen) atoms. The summed E-state index contributed by atoms with van der Waals surface area (Å²) in [5, 5.41) is 4.02. The number of amides is 1. The summed E-state index contributed by atoms with van der Waals surface area (Å²) in [4.78, 5) is 21.7. The second-order valence-corrected chi connectivity index (χ2v) is 8.41. The molecule has 0 aliphatic rings. The normalized spacial score (nSPS) is 12.2. The number of carbonyl (C=O) groups is 1. The van der Waals surface area contributed by atoms with Crippen LogP contribution in [0.3, 0.4) is 0 Å². The third kappa shape index (κ3) is 6.06. The maximum atomic E-state index is 12.7. The fourth-order valence-corrected chi connectivity index (χ4v) is 3.92. The van der Waals surface area contributed by atoms with Gasteiger partial charge in [0.1, 0.15) is 0 Å². The highest BCUT2D eigenvalue weighted by atomic mass is 32.2. The highest BCUT2D eigenvalue weighted by Gasteiger charge is 2.19. The van der Waals surface area contributed by atoms with Crippen molar-refractivity contribution in [3.8, 4) is 0 Å². The van der Waals surface area contributed by atoms with E-state index in [2.05, 4.69) is 60.3 Å². The summed E-state index contributed by atoms with van der Waals surface area (Å²) in [7, 11) is 0. The zero-order valence-electron chi connectivity index (χ0n) is 18.0. The maximum Gasteiger partial charge on any atom is 0.220 e. The molecule has 2 aromatic rings. The fraction of sp³-hybridized carbons (Fsp3) is 0.522. The molecule has 0 saturated carbocycles. The van der Waals surface area contributed by atoms with E-state index in [0.29, 0.717) is 18.8 Å². The molecular formula is C23H33N3OS. The lowest BCUT2D eigenvalue weighted by atomic mass is 9.94. The van der Waals surface area contributed by atoms with Gasteiger partial charge >= 0.3 is 0 Å². The van der Waals surface area contributed by atoms with E-state index in [0.717, 1.165) is 34.9 Å². The molecule has 0 radical (unpaired) electrons. The quantitative estimate of drug-likeness (QED) is 0.464. The van der Waals surface area contributed by atoms with Gasteiger partial charge in [-0.15, -0.1) is 0 Å². The lowest BCUT2D eigenvalue weighted by Gasteiger charge is -2.23. The minimum atomic E-state index is 0.0282. The predicted molar refractivity (Wildman–Crippen MR) is 118 cm³/mol. The average Bonchev–Trinajstić information content (AvgIpc) is 2.66. The molecule has 1 atom stereocenters. The minimum absolute atomic E-state index is 0.0282. The van der Waals surface area contributed by atoms with Crippen molar-refractivity contribution in [1.29, 1.82) is 0 Å². The summed E-state index contributed by atoms with van der Waals surface area (Å²) in [6.07, 6.45) is 5.32. The first-order valence-corrected chi connectivity index (χ1v) is 11.3. The molecule has 1 aromatic carbocycles. The van der Waals surface area contributed by atoms with Gasteiger partial charge in [0.25, 0.3) is 0 Å². The molecule has 0 saturated heterocycles. The molecular weight excluding hydrogens is 366 g/mol. The molecule has 152 valence electrons. The number of hydrogen-bond acceptors (Lipinski definition) is 4. The van der Waals surface area contributed by atoms with Crippen molar-refractivity contribution in [3.05, 3.63) is 52.3 Å². The molecule has 1 heterocycles. The van der Waals surface area contributed by atoms with E-state index in [1.54, 1.807) is 11.8 Å². The molecule has 0 aliphatic heterocycles. The first kappa shape index (κ1) is 22.4. The van der Waals surface area contributed by atoms with Crippen LogP contribution in [0.4, 0.5) is 0 Å². The summed E-state index contributed by atoms with van der Waals surface area (Å²) in [5.74, 6) is 0.401. The van der Waals surface area contributed by atoms with Gasteiger partial charge in [-0.25, -0.2) is 9.97 Å². The molecule has 1 aromatic heterocycles. The first-order chi connectivity index (χ1) is 13.3. The largest absolute Gasteiger partial charge is 0.349 e. The third-order valence-corrected chi connectivity index (χ3v) is 5.59. The van der Waals surface area contributed by atoms with Crippen LogP contribution in [-0.4, -0.2) is 22.1 Å². The summed E-state index contributed by atoms with van der Waals surface area (Å²) >= 11 is 1.54. The molecule has 4 nitrogen and oxygen atoms in total. The average molecular weight is 400 g/mol. The Bertz CT molecular complexity index is 764. The number of carbonyl (C=O) groups excluding carboxylic acids is 1. The fourth-order valence-electron chi connectivity index (χ4n) is 3.46. The SMILES string of the molecule is CCCc1ccc(C(NC(=O)CCc2c(C)nc(SC)nc2C)C(C)C)cc1. The zero-order chi connectivity index (χ0) is 20.7. The van der Waals surface area contributed by atoms with Gasteiger partial charge in [-0.3, -0.25) is 4.79 Å². The number of thioether (sulfide) groups is 1. The van der Waals surface area contributed by atoms with Gasteiger partial charge in [0.05, 0.1) is 6.04 Å². The molecule has 5 heteroatoms. The zero-order valence-corrected chi connectivity index (χ0v) is 18.8. The summed E-state index contributed by atoms with van der Waals surface area (Å²) < 4.78 is 0. The Hall–Kier alpha value is -1.88. The van der Waals surface area contributed by atoms with Crippen molar-refractivity contribution >= 4 is 17.7 Å². The molecule has 1 N–H and O–H groups in total. The van der Waals surface area contributed by atoms with E-state index < -0.39 is 0 Å². The molecule has 0 aliphatic carbocycles. The Kier molecular flexibility index (Phi) is 8.49. The van der Waals surface area contributed by atoms with Crippen LogP contribution in [0, 0.1) is 19.8 Å². The molecule has 0 spiro atoms. The Morgan fingerprint density at radius 2 is 1.68 bits per heavy atom. The predicted octanol–water partition coefficient (Wildman–Crippen LogP) is 5.21. The summed E-state index contributed by atoms with van der Waals surface area (Å²) in [6, 6.07) is 8.69. The smallest absolute Gasteiger partial charge is 0.220 e. The van der Waals surface area contributed by atoms with Gasteiger partial charge in [0.15, 0.2) is 5.16 Å². The number of nitrogens with zero attached hydrogens (tertiary/aromatic N) is 2. The number of hydrogen-bond donors (Lipinski definition) is 1. The highest BCUT2D eigenvalue weighted by molar-refractivity contribution is 7.98. The van der Waals surface area contributed by atoms with Gasteiger partial charge in [0, 0.05) is 17.8 Å². The third-order valence-electron chi connectivity index (χ3n) is 5.05. The molecule has 1 amide bonds. The van der Waals surface area contributed by atoms with Gasteiger partial charge in [0.2, 0.25) is 5.91 Å². The standard InChI is InChI=1S/C23H33N3OS/c1-7-8-18-9-11-19(12-10-18)22(15(2)3)26-21(27)14-13-20-16(4)24-23(28-6)25-17(20)5/h9-12,15,22H,7-8,13-14H2,1-6H3,(H,26,27). The number of aromatic nitrogens is 2. The molecule has 2 rings (SSSR count). The van der Waals surface area contributed by atoms with Crippen molar-refractivity contribution in [2.75, 3.05) is 6.26 Å². The topological polar surface area (TPSA) is 54.9 Å². The van der Waals surface area contributed by atoms with Crippen LogP contribution in [0.5, 0.6) is 0 Å². The summed E-state index contributed by atoms with van der Waals surface area (Å²) in [6.45, 7) is 10.5. The van der Waals surface area contributed by atoms with Crippen LogP contribution in [0.2, 0.25) is 0 Å². The van der Waals surface area contributed by atoms with Gasteiger partial charge in [-0.2, -0.15) is 0 Å². The van der Waals surface area contributed by atoms with Crippen LogP contribution >= 0.6 is 11.8 Å². The molecule has 0 bridgehead atoms. The van der Waals surface area contributed by atoms with E-state index in [1.165, 1.54) is 11.1 Å². The Labute approximate surface area is 174 Å². The first-order valence-electron chi connectivity index (χ1n) is 10.1. The van der Waals surface area contributed by atoms with Crippen LogP contribution in [-0.2, 0) is 17.6 Å². The maximum absolute atomic E-state index is 12.7. The Morgan fingerprint density at radius 1 is 1.07 bits per heavy atom. The monoisotopic (exact) mass is 399 g/mol. The number of benzene rings is 1. The van der Waals surface area contributed by atoms with E-state index in [-0.39, 0.29) is 11.9 Å². The van der Waals surface area contributed by atoms with E-state index in [9.17, 15) is 4.79 Å². The molecule has 0 fully saturated rings. The Morgan fingerprint density at radius 3 is 2.18 bits per heavy atom. The van der Waals surface area contributed by atoms with Gasteiger partial charge < -0.3 is 5.32 Å². The van der Waals surface area contributed by atoms with Crippen molar-refractivity contribution in [2.45, 2.75) is 71.5 Å². The highest BCUT2D eigenvalue weighted by Crippen LogP contribution is 2.23. The van der Waals surface area contributed by atoms with Crippen molar-refractivity contribution < 1.29 is 4.79 Å². The van der Waals surface area contributed by atoms with Crippen molar-refractivity contribution in [3.63, 3.8) is 0 Å². The minimum Gasteiger partial charge on any atom is -0.349 e. The second kappa shape index (κ2) is 10.6. The van der Waals surface area contributed by atoms with E-state index >= 15 is 0 Å². The summed E-state index contributed by atoms with van der Waals surface area (Å²) in [5.41, 5.74) is 5.54. The number of aryl methyl sites for hydroxylation is 3. The number of nitrogens with one attached hydrogen (secondary N) is 1. The van der Waals surface area contributed by atoms with Crippen LogP contribution in [0.15, 0.2) is 29.4 Å². The van der Waals surface area contributed by atoms with E-state index in [1.807, 2.05) is 20.1 Å². The van der Waals surface area contributed by atoms with Crippen molar-refractivity contribution in [2.24, 2.45) is 5.92 Å². The number of rotatable bonds is 9. The van der Waals surface area contributed by atoms with Crippen molar-refractivity contribution in [1.82, 2.24) is 15.3 Å². The Balaban J connectivity index is 2.03. The van der Waals surface area contributed by atoms with Crippen LogP contribution in [0.1, 0.15) is 67.7 Å². The van der Waals surface area contributed by atoms with E-state index in [4.69, 9.17) is 0 Å². The lowest BCUT2D eigenvalue weighted by molar-refractivity contribution is -0.122. The molecule has 1 unspecified atom stereocenters. The second-order valence-electron chi connectivity index (χ2n) is 7.64. The van der Waals surface area contributed by atoms with Gasteiger partial charge in [-0.05, 0) is 55.6 Å². The lowest BCUT2D eigenvalue weighted by Crippen LogP contribution is -2.32.